The van der Waals surface area contributed by atoms with Crippen LogP contribution in [0.4, 0.5) is 0 Å². The summed E-state index contributed by atoms with van der Waals surface area (Å²) in [5, 5.41) is 19.2. The van der Waals surface area contributed by atoms with Gasteiger partial charge in [0.05, 0.1) is 0 Å². The molecular weight excluding hydrogens is 352 g/mol. The molecule has 0 saturated carbocycles. The van der Waals surface area contributed by atoms with Gasteiger partial charge in [0, 0.05) is 0 Å². The van der Waals surface area contributed by atoms with Gasteiger partial charge in [0.1, 0.15) is 0 Å². The fourth-order valence-corrected chi connectivity index (χ4v) is 5.37. The number of hydrogen-bond acceptors (Lipinski definition) is 2. The summed E-state index contributed by atoms with van der Waals surface area (Å²) in [6.45, 7) is 8.21. The first kappa shape index (κ1) is 14.2. The van der Waals surface area contributed by atoms with Crippen molar-refractivity contribution in [3.63, 3.8) is 0 Å². The molecule has 0 spiro atoms. The Hall–Kier alpha value is -1.17. The first-order chi connectivity index (χ1) is 8.88. The zero-order valence-corrected chi connectivity index (χ0v) is 13.9. The number of benzene rings is 2. The number of phenols is 2. The maximum atomic E-state index is 9.61. The molecular formula is C16H18O2Te. The van der Waals surface area contributed by atoms with Crippen LogP contribution in [0, 0.1) is 27.7 Å². The van der Waals surface area contributed by atoms with Crippen LogP contribution in [0.25, 0.3) is 0 Å². The average molecular weight is 370 g/mol. The number of rotatable bonds is 2. The Bertz CT molecular complexity index is 531. The van der Waals surface area contributed by atoms with E-state index < -0.39 is 20.9 Å². The zero-order valence-electron chi connectivity index (χ0n) is 11.6. The molecule has 2 aromatic rings. The van der Waals surface area contributed by atoms with E-state index in [2.05, 4.69) is 27.7 Å². The van der Waals surface area contributed by atoms with E-state index in [9.17, 15) is 10.2 Å². The van der Waals surface area contributed by atoms with Crippen molar-refractivity contribution in [3.8, 4) is 11.5 Å². The molecule has 0 saturated heterocycles. The van der Waals surface area contributed by atoms with Crippen LogP contribution in [0.1, 0.15) is 22.3 Å². The van der Waals surface area contributed by atoms with Crippen LogP contribution < -0.4 is 7.22 Å². The van der Waals surface area contributed by atoms with Crippen LogP contribution in [-0.4, -0.2) is 31.1 Å². The second-order valence-electron chi connectivity index (χ2n) is 4.92. The Morgan fingerprint density at radius 3 is 1.16 bits per heavy atom. The summed E-state index contributed by atoms with van der Waals surface area (Å²) in [5.74, 6) is 0.677. The molecule has 2 N–H and O–H groups in total. The number of aromatic hydroxyl groups is 2. The Morgan fingerprint density at radius 1 is 0.632 bits per heavy atom. The summed E-state index contributed by atoms with van der Waals surface area (Å²) in [4.78, 5) is 0. The van der Waals surface area contributed by atoms with Gasteiger partial charge >= 0.3 is 124 Å². The third kappa shape index (κ3) is 3.05. The molecule has 0 heterocycles. The molecule has 2 nitrogen and oxygen atoms in total. The van der Waals surface area contributed by atoms with E-state index in [-0.39, 0.29) is 0 Å². The molecule has 0 unspecified atom stereocenters. The van der Waals surface area contributed by atoms with Crippen LogP contribution in [0.2, 0.25) is 0 Å². The Morgan fingerprint density at radius 2 is 0.895 bits per heavy atom. The van der Waals surface area contributed by atoms with Crippen LogP contribution in [0.3, 0.4) is 0 Å². The monoisotopic (exact) mass is 372 g/mol. The molecule has 19 heavy (non-hydrogen) atoms. The van der Waals surface area contributed by atoms with Gasteiger partial charge in [0.15, 0.2) is 0 Å². The molecule has 0 aliphatic heterocycles. The van der Waals surface area contributed by atoms with Crippen LogP contribution >= 0.6 is 0 Å². The summed E-state index contributed by atoms with van der Waals surface area (Å²) in [6, 6.07) is 7.33. The standard InChI is InChI=1S/C16H18O2Te/c1-9-5-13(17)6-10(2)15(9)19-16-11(3)7-14(18)8-12(16)4/h5-8,17-18H,1-4H3. The Labute approximate surface area is 124 Å². The van der Waals surface area contributed by atoms with E-state index in [1.165, 1.54) is 7.22 Å². The predicted octanol–water partition coefficient (Wildman–Crippen LogP) is 1.99. The van der Waals surface area contributed by atoms with E-state index >= 15 is 0 Å². The van der Waals surface area contributed by atoms with E-state index in [1.54, 1.807) is 0 Å². The van der Waals surface area contributed by atoms with Gasteiger partial charge < -0.3 is 0 Å². The summed E-state index contributed by atoms with van der Waals surface area (Å²) in [7, 11) is 0. The van der Waals surface area contributed by atoms with Crippen molar-refractivity contribution in [2.45, 2.75) is 27.7 Å². The number of hydrogen-bond donors (Lipinski definition) is 2. The second-order valence-corrected chi connectivity index (χ2v) is 7.83. The van der Waals surface area contributed by atoms with E-state index in [1.807, 2.05) is 24.3 Å². The molecule has 0 aliphatic rings. The molecule has 0 radical (unpaired) electrons. The van der Waals surface area contributed by atoms with Crippen molar-refractivity contribution < 1.29 is 10.2 Å². The molecule has 3 heteroatoms. The normalized spacial score (nSPS) is 10.7. The molecule has 0 fully saturated rings. The topological polar surface area (TPSA) is 40.5 Å². The van der Waals surface area contributed by atoms with Gasteiger partial charge in [-0.3, -0.25) is 0 Å². The SMILES string of the molecule is Cc1cc(O)cc(C)c1[Te]c1c(C)cc(O)cc1C. The molecule has 0 aliphatic carbocycles. The van der Waals surface area contributed by atoms with Gasteiger partial charge in [-0.25, -0.2) is 0 Å². The first-order valence-electron chi connectivity index (χ1n) is 6.16. The van der Waals surface area contributed by atoms with Crippen LogP contribution in [0.5, 0.6) is 11.5 Å². The average Bonchev–Trinajstić information content (AvgIpc) is 2.25. The summed E-state index contributed by atoms with van der Waals surface area (Å²) >= 11 is -0.512. The molecule has 2 aromatic carbocycles. The van der Waals surface area contributed by atoms with Gasteiger partial charge in [-0.05, 0) is 0 Å². The quantitative estimate of drug-likeness (QED) is 0.795. The maximum absolute atomic E-state index is 9.61. The van der Waals surface area contributed by atoms with Crippen LogP contribution in [0.15, 0.2) is 24.3 Å². The predicted molar refractivity (Wildman–Crippen MR) is 80.2 cm³/mol. The fourth-order valence-electron chi connectivity index (χ4n) is 2.28. The van der Waals surface area contributed by atoms with Gasteiger partial charge in [-0.2, -0.15) is 0 Å². The molecule has 2 rings (SSSR count). The number of aryl methyl sites for hydroxylation is 4. The molecule has 100 valence electrons. The van der Waals surface area contributed by atoms with Crippen molar-refractivity contribution in [2.24, 2.45) is 0 Å². The van der Waals surface area contributed by atoms with Crippen molar-refractivity contribution in [1.82, 2.24) is 0 Å². The minimum absolute atomic E-state index is 0.338. The second kappa shape index (κ2) is 5.45. The first-order valence-corrected chi connectivity index (χ1v) is 8.50. The third-order valence-electron chi connectivity index (χ3n) is 3.09. The summed E-state index contributed by atoms with van der Waals surface area (Å²) in [6.07, 6.45) is 0. The zero-order chi connectivity index (χ0) is 14.2. The molecule has 0 bridgehead atoms. The van der Waals surface area contributed by atoms with E-state index in [4.69, 9.17) is 0 Å². The van der Waals surface area contributed by atoms with Gasteiger partial charge in [-0.15, -0.1) is 0 Å². The molecule has 0 atom stereocenters. The van der Waals surface area contributed by atoms with Crippen molar-refractivity contribution in [1.29, 1.82) is 0 Å². The summed E-state index contributed by atoms with van der Waals surface area (Å²) in [5.41, 5.74) is 4.64. The molecule has 0 aromatic heterocycles. The van der Waals surface area contributed by atoms with Gasteiger partial charge in [0.25, 0.3) is 0 Å². The Kier molecular flexibility index (Phi) is 4.08. The van der Waals surface area contributed by atoms with Crippen LogP contribution in [-0.2, 0) is 0 Å². The van der Waals surface area contributed by atoms with Crippen molar-refractivity contribution in [3.05, 3.63) is 46.5 Å². The number of phenolic OH excluding ortho intramolecular Hbond substituents is 2. The van der Waals surface area contributed by atoms with E-state index in [0.29, 0.717) is 11.5 Å². The third-order valence-corrected chi connectivity index (χ3v) is 7.94. The minimum atomic E-state index is -0.512. The van der Waals surface area contributed by atoms with Gasteiger partial charge in [0.2, 0.25) is 0 Å². The molecule has 0 amide bonds. The van der Waals surface area contributed by atoms with E-state index in [0.717, 1.165) is 22.3 Å². The van der Waals surface area contributed by atoms with Crippen molar-refractivity contribution in [2.75, 3.05) is 0 Å². The fraction of sp³-hybridized carbons (Fsp3) is 0.250. The van der Waals surface area contributed by atoms with Crippen molar-refractivity contribution >= 4 is 28.1 Å². The van der Waals surface area contributed by atoms with Gasteiger partial charge in [-0.1, -0.05) is 0 Å². The Balaban J connectivity index is 2.48. The summed E-state index contributed by atoms with van der Waals surface area (Å²) < 4.78 is 2.75.